The van der Waals surface area contributed by atoms with Gasteiger partial charge in [0.05, 0.1) is 23.3 Å². The summed E-state index contributed by atoms with van der Waals surface area (Å²) in [4.78, 5) is 16.1. The number of hydroxylamine groups is 1. The fraction of sp³-hybridized carbons (Fsp3) is 0.364. The molecule has 7 heteroatoms. The van der Waals surface area contributed by atoms with Gasteiger partial charge in [0, 0.05) is 13.2 Å². The summed E-state index contributed by atoms with van der Waals surface area (Å²) in [6.07, 6.45) is 0. The number of hydrogen-bond donors (Lipinski definition) is 1. The van der Waals surface area contributed by atoms with Gasteiger partial charge in [0.2, 0.25) is 0 Å². The number of benzene rings is 1. The number of rotatable bonds is 7. The minimum absolute atomic E-state index is 0.176. The predicted molar refractivity (Wildman–Crippen MR) is 67.9 cm³/mol. The van der Waals surface area contributed by atoms with Crippen molar-refractivity contribution in [3.63, 3.8) is 0 Å². The zero-order valence-electron chi connectivity index (χ0n) is 9.74. The van der Waals surface area contributed by atoms with Crippen molar-refractivity contribution in [3.05, 3.63) is 28.2 Å². The molecule has 0 radical (unpaired) electrons. The molecule has 0 heterocycles. The Kier molecular flexibility index (Phi) is 6.82. The lowest BCUT2D eigenvalue weighted by molar-refractivity contribution is -0.136. The van der Waals surface area contributed by atoms with Crippen LogP contribution in [0.5, 0.6) is 5.75 Å². The van der Waals surface area contributed by atoms with Crippen molar-refractivity contribution in [2.24, 2.45) is 0 Å². The molecular weight excluding hydrogens is 281 g/mol. The van der Waals surface area contributed by atoms with E-state index in [0.29, 0.717) is 22.4 Å². The largest absolute Gasteiger partial charge is 0.484 e. The van der Waals surface area contributed by atoms with E-state index in [-0.39, 0.29) is 13.2 Å². The first-order valence-corrected chi connectivity index (χ1v) is 5.86. The molecular formula is C11H13Cl2NO4. The van der Waals surface area contributed by atoms with Crippen molar-refractivity contribution in [3.8, 4) is 5.75 Å². The van der Waals surface area contributed by atoms with Crippen LogP contribution in [0, 0.1) is 0 Å². The molecule has 18 heavy (non-hydrogen) atoms. The Morgan fingerprint density at radius 1 is 1.28 bits per heavy atom. The molecule has 0 saturated carbocycles. The van der Waals surface area contributed by atoms with Crippen LogP contribution < -0.4 is 10.2 Å². The molecule has 0 saturated heterocycles. The molecule has 5 nitrogen and oxygen atoms in total. The van der Waals surface area contributed by atoms with E-state index < -0.39 is 5.91 Å². The van der Waals surface area contributed by atoms with Gasteiger partial charge in [-0.1, -0.05) is 23.2 Å². The van der Waals surface area contributed by atoms with E-state index in [2.05, 4.69) is 5.48 Å². The summed E-state index contributed by atoms with van der Waals surface area (Å²) in [7, 11) is 1.54. The SMILES string of the molecule is COCCONC(=O)COc1ccc(Cl)c(Cl)c1. The Balaban J connectivity index is 2.27. The molecule has 1 rings (SSSR count). The monoisotopic (exact) mass is 293 g/mol. The van der Waals surface area contributed by atoms with Crippen LogP contribution in [0.2, 0.25) is 10.0 Å². The fourth-order valence-electron chi connectivity index (χ4n) is 1.00. The van der Waals surface area contributed by atoms with E-state index in [1.165, 1.54) is 6.07 Å². The van der Waals surface area contributed by atoms with Crippen LogP contribution in [0.4, 0.5) is 0 Å². The van der Waals surface area contributed by atoms with Crippen LogP contribution in [-0.4, -0.2) is 32.8 Å². The molecule has 0 spiro atoms. The second kappa shape index (κ2) is 8.16. The number of hydrogen-bond acceptors (Lipinski definition) is 4. The van der Waals surface area contributed by atoms with E-state index >= 15 is 0 Å². The summed E-state index contributed by atoms with van der Waals surface area (Å²) < 4.78 is 9.94. The average molecular weight is 294 g/mol. The Bertz CT molecular complexity index is 401. The van der Waals surface area contributed by atoms with E-state index in [9.17, 15) is 4.79 Å². The molecule has 1 aromatic carbocycles. The molecule has 0 atom stereocenters. The third kappa shape index (κ3) is 5.55. The number of ether oxygens (including phenoxy) is 2. The molecule has 0 aliphatic heterocycles. The maximum Gasteiger partial charge on any atom is 0.281 e. The maximum absolute atomic E-state index is 11.3. The summed E-state index contributed by atoms with van der Waals surface area (Å²) in [6, 6.07) is 4.74. The van der Waals surface area contributed by atoms with E-state index in [1.807, 2.05) is 0 Å². The van der Waals surface area contributed by atoms with Crippen LogP contribution in [0.3, 0.4) is 0 Å². The van der Waals surface area contributed by atoms with Gasteiger partial charge in [0.25, 0.3) is 5.91 Å². The lowest BCUT2D eigenvalue weighted by atomic mass is 10.3. The highest BCUT2D eigenvalue weighted by molar-refractivity contribution is 6.42. The first-order chi connectivity index (χ1) is 8.63. The van der Waals surface area contributed by atoms with Crippen molar-refractivity contribution < 1.29 is 19.1 Å². The maximum atomic E-state index is 11.3. The van der Waals surface area contributed by atoms with Crippen LogP contribution >= 0.6 is 23.2 Å². The first-order valence-electron chi connectivity index (χ1n) is 5.11. The van der Waals surface area contributed by atoms with E-state index in [4.69, 9.17) is 37.5 Å². The van der Waals surface area contributed by atoms with Gasteiger partial charge in [-0.2, -0.15) is 0 Å². The van der Waals surface area contributed by atoms with E-state index in [0.717, 1.165) is 0 Å². The van der Waals surface area contributed by atoms with Crippen LogP contribution in [0.1, 0.15) is 0 Å². The van der Waals surface area contributed by atoms with Crippen molar-refractivity contribution in [1.29, 1.82) is 0 Å². The van der Waals surface area contributed by atoms with Gasteiger partial charge >= 0.3 is 0 Å². The molecule has 0 unspecified atom stereocenters. The summed E-state index contributed by atoms with van der Waals surface area (Å²) in [6.45, 7) is 0.494. The Labute approximate surface area is 115 Å². The highest BCUT2D eigenvalue weighted by Crippen LogP contribution is 2.26. The van der Waals surface area contributed by atoms with Gasteiger partial charge in [-0.15, -0.1) is 0 Å². The number of carbonyl (C=O) groups excluding carboxylic acids is 1. The standard InChI is InChI=1S/C11H13Cl2NO4/c1-16-4-5-18-14-11(15)7-17-8-2-3-9(12)10(13)6-8/h2-3,6H,4-5,7H2,1H3,(H,14,15). The Hall–Kier alpha value is -1.01. The minimum atomic E-state index is -0.405. The molecule has 0 aromatic heterocycles. The van der Waals surface area contributed by atoms with Crippen LogP contribution in [0.25, 0.3) is 0 Å². The van der Waals surface area contributed by atoms with Crippen LogP contribution in [-0.2, 0) is 14.4 Å². The molecule has 0 fully saturated rings. The third-order valence-corrected chi connectivity index (χ3v) is 2.58. The fourth-order valence-corrected chi connectivity index (χ4v) is 1.29. The Morgan fingerprint density at radius 2 is 2.06 bits per heavy atom. The van der Waals surface area contributed by atoms with Crippen molar-refractivity contribution in [2.75, 3.05) is 26.9 Å². The molecule has 1 N–H and O–H groups in total. The van der Waals surface area contributed by atoms with Crippen LogP contribution in [0.15, 0.2) is 18.2 Å². The zero-order chi connectivity index (χ0) is 13.4. The number of halogens is 2. The number of carbonyl (C=O) groups is 1. The highest BCUT2D eigenvalue weighted by atomic mass is 35.5. The zero-order valence-corrected chi connectivity index (χ0v) is 11.3. The lowest BCUT2D eigenvalue weighted by Crippen LogP contribution is -2.30. The quantitative estimate of drug-likeness (QED) is 0.618. The van der Waals surface area contributed by atoms with Gasteiger partial charge in [0.15, 0.2) is 6.61 Å². The second-order valence-electron chi connectivity index (χ2n) is 3.23. The topological polar surface area (TPSA) is 56.8 Å². The van der Waals surface area contributed by atoms with Gasteiger partial charge < -0.3 is 9.47 Å². The van der Waals surface area contributed by atoms with Crippen molar-refractivity contribution in [2.45, 2.75) is 0 Å². The number of methoxy groups -OCH3 is 1. The third-order valence-electron chi connectivity index (χ3n) is 1.84. The summed E-state index contributed by atoms with van der Waals surface area (Å²) in [5, 5.41) is 0.794. The predicted octanol–water partition coefficient (Wildman–Crippen LogP) is 2.07. The highest BCUT2D eigenvalue weighted by Gasteiger charge is 2.04. The Morgan fingerprint density at radius 3 is 2.72 bits per heavy atom. The van der Waals surface area contributed by atoms with Crippen molar-refractivity contribution >= 4 is 29.1 Å². The number of nitrogens with one attached hydrogen (secondary N) is 1. The number of amides is 1. The van der Waals surface area contributed by atoms with Gasteiger partial charge in [-0.25, -0.2) is 5.48 Å². The molecule has 1 aromatic rings. The second-order valence-corrected chi connectivity index (χ2v) is 4.05. The molecule has 0 bridgehead atoms. The normalized spacial score (nSPS) is 10.2. The average Bonchev–Trinajstić information content (AvgIpc) is 2.36. The van der Waals surface area contributed by atoms with Crippen molar-refractivity contribution in [1.82, 2.24) is 5.48 Å². The smallest absolute Gasteiger partial charge is 0.281 e. The van der Waals surface area contributed by atoms with Gasteiger partial charge in [-0.05, 0) is 12.1 Å². The van der Waals surface area contributed by atoms with Gasteiger partial charge in [-0.3, -0.25) is 9.63 Å². The summed E-state index contributed by atoms with van der Waals surface area (Å²) in [5.74, 6) is 0.0496. The lowest BCUT2D eigenvalue weighted by Gasteiger charge is -2.08. The van der Waals surface area contributed by atoms with Gasteiger partial charge in [0.1, 0.15) is 5.75 Å². The summed E-state index contributed by atoms with van der Waals surface area (Å²) >= 11 is 11.5. The molecule has 0 aliphatic carbocycles. The minimum Gasteiger partial charge on any atom is -0.484 e. The molecule has 100 valence electrons. The first kappa shape index (κ1) is 15.0. The molecule has 0 aliphatic rings. The molecule has 1 amide bonds. The van der Waals surface area contributed by atoms with E-state index in [1.54, 1.807) is 19.2 Å². The summed E-state index contributed by atoms with van der Waals surface area (Å²) in [5.41, 5.74) is 2.21.